The maximum Gasteiger partial charge on any atom is 0.0599 e. The highest BCUT2D eigenvalue weighted by atomic mass is 16.5. The third-order valence-corrected chi connectivity index (χ3v) is 2.46. The van der Waals surface area contributed by atoms with Crippen LogP contribution in [0.1, 0.15) is 27.2 Å². The van der Waals surface area contributed by atoms with Gasteiger partial charge in [-0.05, 0) is 40.8 Å². The molecule has 1 rings (SSSR count). The molecule has 1 saturated heterocycles. The normalized spacial score (nSPS) is 24.4. The van der Waals surface area contributed by atoms with E-state index in [4.69, 9.17) is 4.74 Å². The first-order valence-corrected chi connectivity index (χ1v) is 5.53. The van der Waals surface area contributed by atoms with E-state index in [2.05, 4.69) is 38.0 Å². The van der Waals surface area contributed by atoms with Crippen molar-refractivity contribution >= 4 is 0 Å². The summed E-state index contributed by atoms with van der Waals surface area (Å²) in [5.41, 5.74) is -0.00581. The van der Waals surface area contributed by atoms with E-state index in [0.29, 0.717) is 6.04 Å². The van der Waals surface area contributed by atoms with Crippen molar-refractivity contribution in [2.45, 2.75) is 38.8 Å². The average molecular weight is 200 g/mol. The van der Waals surface area contributed by atoms with Gasteiger partial charge in [0, 0.05) is 19.1 Å². The highest BCUT2D eigenvalue weighted by molar-refractivity contribution is 4.78. The molecular weight excluding hydrogens is 176 g/mol. The van der Waals surface area contributed by atoms with Gasteiger partial charge >= 0.3 is 0 Å². The Balaban J connectivity index is 1.99. The van der Waals surface area contributed by atoms with E-state index >= 15 is 0 Å². The Morgan fingerprint density at radius 1 is 1.43 bits per heavy atom. The van der Waals surface area contributed by atoms with E-state index in [1.807, 2.05) is 0 Å². The van der Waals surface area contributed by atoms with E-state index < -0.39 is 0 Å². The van der Waals surface area contributed by atoms with Gasteiger partial charge in [-0.3, -0.25) is 0 Å². The van der Waals surface area contributed by atoms with Crippen LogP contribution in [0.3, 0.4) is 0 Å². The van der Waals surface area contributed by atoms with Gasteiger partial charge < -0.3 is 15.0 Å². The van der Waals surface area contributed by atoms with Gasteiger partial charge in [-0.2, -0.15) is 0 Å². The summed E-state index contributed by atoms with van der Waals surface area (Å²) in [6.07, 6.45) is 1.27. The number of hydrogen-bond acceptors (Lipinski definition) is 3. The molecular formula is C11H24N2O. The molecule has 1 heterocycles. The number of likely N-dealkylation sites (N-methyl/N-ethyl adjacent to an activating group) is 1. The van der Waals surface area contributed by atoms with E-state index in [9.17, 15) is 0 Å². The molecule has 1 N–H and O–H groups in total. The Morgan fingerprint density at radius 3 is 2.64 bits per heavy atom. The van der Waals surface area contributed by atoms with Crippen LogP contribution in [0, 0.1) is 0 Å². The number of nitrogens with one attached hydrogen (secondary N) is 1. The minimum atomic E-state index is -0.00581. The van der Waals surface area contributed by atoms with Gasteiger partial charge in [0.2, 0.25) is 0 Å². The monoisotopic (exact) mass is 200 g/mol. The Hall–Kier alpha value is -0.120. The fraction of sp³-hybridized carbons (Fsp3) is 1.00. The minimum absolute atomic E-state index is 0.00581. The second-order valence-corrected chi connectivity index (χ2v) is 5.16. The molecule has 0 aromatic rings. The number of nitrogens with zero attached hydrogens (tertiary/aromatic N) is 1. The summed E-state index contributed by atoms with van der Waals surface area (Å²) in [6.45, 7) is 10.5. The predicted molar refractivity (Wildman–Crippen MR) is 59.6 cm³/mol. The molecule has 1 unspecified atom stereocenters. The molecule has 3 heteroatoms. The lowest BCUT2D eigenvalue weighted by Crippen LogP contribution is -2.35. The van der Waals surface area contributed by atoms with Crippen molar-refractivity contribution in [3.63, 3.8) is 0 Å². The van der Waals surface area contributed by atoms with Crippen LogP contribution in [0.5, 0.6) is 0 Å². The van der Waals surface area contributed by atoms with Crippen molar-refractivity contribution < 1.29 is 4.74 Å². The van der Waals surface area contributed by atoms with Crippen LogP contribution in [0.15, 0.2) is 0 Å². The Morgan fingerprint density at radius 2 is 2.14 bits per heavy atom. The van der Waals surface area contributed by atoms with E-state index in [0.717, 1.165) is 13.2 Å². The van der Waals surface area contributed by atoms with E-state index in [1.165, 1.54) is 19.5 Å². The summed E-state index contributed by atoms with van der Waals surface area (Å²) >= 11 is 0. The molecule has 0 aromatic carbocycles. The smallest absolute Gasteiger partial charge is 0.0599 e. The average Bonchev–Trinajstić information content (AvgIpc) is 2.44. The molecule has 1 fully saturated rings. The maximum atomic E-state index is 5.64. The van der Waals surface area contributed by atoms with Gasteiger partial charge in [-0.1, -0.05) is 0 Å². The summed E-state index contributed by atoms with van der Waals surface area (Å²) in [6, 6.07) is 0.670. The van der Waals surface area contributed by atoms with E-state index in [1.54, 1.807) is 0 Å². The lowest BCUT2D eigenvalue weighted by Gasteiger charge is -2.20. The number of rotatable bonds is 4. The Kier molecular flexibility index (Phi) is 4.35. The largest absolute Gasteiger partial charge is 0.375 e. The first-order valence-electron chi connectivity index (χ1n) is 5.53. The molecule has 0 amide bonds. The van der Waals surface area contributed by atoms with Crippen LogP contribution < -0.4 is 5.32 Å². The molecule has 1 aliphatic heterocycles. The lowest BCUT2D eigenvalue weighted by atomic mass is 10.2. The minimum Gasteiger partial charge on any atom is -0.375 e. The molecule has 0 radical (unpaired) electrons. The molecule has 1 atom stereocenters. The summed E-state index contributed by atoms with van der Waals surface area (Å²) < 4.78 is 5.64. The zero-order valence-corrected chi connectivity index (χ0v) is 9.97. The number of likely N-dealkylation sites (tertiary alicyclic amines) is 1. The van der Waals surface area contributed by atoms with Gasteiger partial charge in [-0.15, -0.1) is 0 Å². The highest BCUT2D eigenvalue weighted by Gasteiger charge is 2.18. The first kappa shape index (κ1) is 12.0. The Bertz CT molecular complexity index is 165. The quantitative estimate of drug-likeness (QED) is 0.688. The fourth-order valence-corrected chi connectivity index (χ4v) is 1.72. The van der Waals surface area contributed by atoms with Crippen molar-refractivity contribution in [2.24, 2.45) is 0 Å². The van der Waals surface area contributed by atoms with Crippen molar-refractivity contribution in [2.75, 3.05) is 33.3 Å². The maximum absolute atomic E-state index is 5.64. The predicted octanol–water partition coefficient (Wildman–Crippen LogP) is 1.10. The van der Waals surface area contributed by atoms with Crippen LogP contribution in [0.2, 0.25) is 0 Å². The second-order valence-electron chi connectivity index (χ2n) is 5.16. The number of hydrogen-bond donors (Lipinski definition) is 1. The molecule has 1 aliphatic rings. The van der Waals surface area contributed by atoms with Gasteiger partial charge in [0.05, 0.1) is 12.2 Å². The molecule has 0 saturated carbocycles. The van der Waals surface area contributed by atoms with Crippen LogP contribution in [-0.4, -0.2) is 49.8 Å². The molecule has 84 valence electrons. The highest BCUT2D eigenvalue weighted by Crippen LogP contribution is 2.07. The van der Waals surface area contributed by atoms with Crippen molar-refractivity contribution in [3.8, 4) is 0 Å². The summed E-state index contributed by atoms with van der Waals surface area (Å²) in [5, 5.41) is 3.52. The summed E-state index contributed by atoms with van der Waals surface area (Å²) in [5.74, 6) is 0. The van der Waals surface area contributed by atoms with Gasteiger partial charge in [0.15, 0.2) is 0 Å². The van der Waals surface area contributed by atoms with Gasteiger partial charge in [0.25, 0.3) is 0 Å². The van der Waals surface area contributed by atoms with Gasteiger partial charge in [0.1, 0.15) is 0 Å². The zero-order valence-electron chi connectivity index (χ0n) is 9.97. The fourth-order valence-electron chi connectivity index (χ4n) is 1.72. The standard InChI is InChI=1S/C11H24N2O/c1-11(2,3)14-8-6-12-10-5-7-13(4)9-10/h10,12H,5-9H2,1-4H3. The number of ether oxygens (including phenoxy) is 1. The van der Waals surface area contributed by atoms with Gasteiger partial charge in [-0.25, -0.2) is 0 Å². The Labute approximate surface area is 87.8 Å². The van der Waals surface area contributed by atoms with Crippen molar-refractivity contribution in [3.05, 3.63) is 0 Å². The molecule has 0 aromatic heterocycles. The van der Waals surface area contributed by atoms with Crippen LogP contribution in [-0.2, 0) is 4.74 Å². The lowest BCUT2D eigenvalue weighted by molar-refractivity contribution is -0.00152. The summed E-state index contributed by atoms with van der Waals surface area (Å²) in [4.78, 5) is 2.36. The molecule has 0 spiro atoms. The van der Waals surface area contributed by atoms with Crippen LogP contribution in [0.4, 0.5) is 0 Å². The molecule has 0 aliphatic carbocycles. The second kappa shape index (κ2) is 5.10. The molecule has 0 bridgehead atoms. The SMILES string of the molecule is CN1CCC(NCCOC(C)(C)C)C1. The van der Waals surface area contributed by atoms with Crippen molar-refractivity contribution in [1.82, 2.24) is 10.2 Å². The summed E-state index contributed by atoms with van der Waals surface area (Å²) in [7, 11) is 2.17. The van der Waals surface area contributed by atoms with Crippen molar-refractivity contribution in [1.29, 1.82) is 0 Å². The third kappa shape index (κ3) is 4.94. The zero-order chi connectivity index (χ0) is 10.6. The topological polar surface area (TPSA) is 24.5 Å². The van der Waals surface area contributed by atoms with E-state index in [-0.39, 0.29) is 5.60 Å². The van der Waals surface area contributed by atoms with Crippen LogP contribution >= 0.6 is 0 Å². The molecule has 14 heavy (non-hydrogen) atoms. The molecule has 3 nitrogen and oxygen atoms in total. The first-order chi connectivity index (χ1) is 6.47. The van der Waals surface area contributed by atoms with Crippen LogP contribution in [0.25, 0.3) is 0 Å². The third-order valence-electron chi connectivity index (χ3n) is 2.46.